The second kappa shape index (κ2) is 3.38. The first-order chi connectivity index (χ1) is 4.69. The highest BCUT2D eigenvalue weighted by Gasteiger charge is 2.30. The topological polar surface area (TPSA) is 17.1 Å². The maximum atomic E-state index is 11.8. The molecule has 0 bridgehead atoms. The Morgan fingerprint density at radius 2 is 2.10 bits per heavy atom. The summed E-state index contributed by atoms with van der Waals surface area (Å²) in [5.41, 5.74) is -2.02. The summed E-state index contributed by atoms with van der Waals surface area (Å²) in [5, 5.41) is 0.944. The first kappa shape index (κ1) is 8.76. The van der Waals surface area contributed by atoms with Gasteiger partial charge >= 0.3 is 0 Å². The van der Waals surface area contributed by atoms with Gasteiger partial charge in [0.2, 0.25) is 5.55 Å². The lowest BCUT2D eigenvalue weighted by atomic mass is 10.5. The summed E-state index contributed by atoms with van der Waals surface area (Å²) in [6.45, 7) is 5.84. The fraction of sp³-hybridized carbons (Fsp3) is 0.667. The molecule has 0 unspecified atom stereocenters. The van der Waals surface area contributed by atoms with Gasteiger partial charge in [-0.1, -0.05) is 36.3 Å². The average molecular weight is 194 g/mol. The van der Waals surface area contributed by atoms with Crippen LogP contribution in [0.1, 0.15) is 13.3 Å². The average Bonchev–Trinajstić information content (AvgIpc) is 2.36. The number of hydrogen-bond donors (Lipinski definition) is 0. The lowest BCUT2D eigenvalue weighted by Gasteiger charge is -2.09. The van der Waals surface area contributed by atoms with Crippen LogP contribution >= 0.6 is 28.3 Å². The first-order valence-electron chi connectivity index (χ1n) is 3.26. The summed E-state index contributed by atoms with van der Waals surface area (Å²) < 4.78 is 11.8. The Morgan fingerprint density at radius 3 is 2.50 bits per heavy atom. The molecule has 0 N–H and O–H groups in total. The van der Waals surface area contributed by atoms with Crippen molar-refractivity contribution < 1.29 is 4.57 Å². The molecule has 10 heavy (non-hydrogen) atoms. The third kappa shape index (κ3) is 1.63. The molecule has 4 heteroatoms. The molecule has 0 aromatic carbocycles. The van der Waals surface area contributed by atoms with Gasteiger partial charge in [0.15, 0.2) is 0 Å². The zero-order chi connectivity index (χ0) is 7.61. The van der Waals surface area contributed by atoms with E-state index in [-0.39, 0.29) is 0 Å². The summed E-state index contributed by atoms with van der Waals surface area (Å²) in [5.74, 6) is 2.06. The van der Waals surface area contributed by atoms with Crippen molar-refractivity contribution in [1.29, 1.82) is 0 Å². The van der Waals surface area contributed by atoms with Crippen LogP contribution in [0, 0.1) is 0 Å². The Morgan fingerprint density at radius 1 is 1.60 bits per heavy atom. The van der Waals surface area contributed by atoms with Gasteiger partial charge in [0, 0.05) is 16.8 Å². The van der Waals surface area contributed by atoms with Crippen molar-refractivity contribution in [3.63, 3.8) is 0 Å². The fourth-order valence-corrected chi connectivity index (χ4v) is 9.52. The quantitative estimate of drug-likeness (QED) is 0.625. The predicted molar refractivity (Wildman–Crippen MR) is 52.0 cm³/mol. The molecule has 1 aliphatic rings. The smallest absolute Gasteiger partial charge is 0.214 e. The third-order valence-electron chi connectivity index (χ3n) is 1.40. The van der Waals surface area contributed by atoms with Crippen molar-refractivity contribution in [1.82, 2.24) is 0 Å². The molecule has 0 amide bonds. The van der Waals surface area contributed by atoms with E-state index in [0.717, 1.165) is 23.2 Å². The van der Waals surface area contributed by atoms with Crippen molar-refractivity contribution in [2.24, 2.45) is 0 Å². The molecule has 0 spiro atoms. The van der Waals surface area contributed by atoms with Gasteiger partial charge in [-0.2, -0.15) is 0 Å². The Bertz CT molecular complexity index is 180. The molecular formula is C6H11OPS2. The van der Waals surface area contributed by atoms with Crippen molar-refractivity contribution in [2.45, 2.75) is 13.3 Å². The highest BCUT2D eigenvalue weighted by molar-refractivity contribution is 8.93. The zero-order valence-corrected chi connectivity index (χ0v) is 8.53. The van der Waals surface area contributed by atoms with Crippen LogP contribution in [0.3, 0.4) is 0 Å². The maximum absolute atomic E-state index is 11.8. The Balaban J connectivity index is 2.68. The van der Waals surface area contributed by atoms with Crippen LogP contribution in [0.2, 0.25) is 0 Å². The number of rotatable bonds is 2. The highest BCUT2D eigenvalue weighted by atomic mass is 33.1. The lowest BCUT2D eigenvalue weighted by molar-refractivity contribution is 0.596. The SMILES string of the molecule is C=C(CC)P1(=O)SCCS1. The second-order valence-electron chi connectivity index (χ2n) is 2.08. The monoisotopic (exact) mass is 194 g/mol. The third-order valence-corrected chi connectivity index (χ3v) is 10.8. The zero-order valence-electron chi connectivity index (χ0n) is 6.00. The molecule has 0 aromatic heterocycles. The predicted octanol–water partition coefficient (Wildman–Crippen LogP) is 3.58. The van der Waals surface area contributed by atoms with Gasteiger partial charge in [0.05, 0.1) is 0 Å². The van der Waals surface area contributed by atoms with E-state index in [2.05, 4.69) is 6.58 Å². The highest BCUT2D eigenvalue weighted by Crippen LogP contribution is 2.78. The summed E-state index contributed by atoms with van der Waals surface area (Å²) >= 11 is 3.19. The van der Waals surface area contributed by atoms with Crippen molar-refractivity contribution >= 4 is 28.3 Å². The van der Waals surface area contributed by atoms with Crippen LogP contribution in [0.4, 0.5) is 0 Å². The molecule has 1 saturated heterocycles. The van der Waals surface area contributed by atoms with Gasteiger partial charge in [-0.05, 0) is 6.42 Å². The minimum Gasteiger partial charge on any atom is -0.296 e. The van der Waals surface area contributed by atoms with E-state index in [1.165, 1.54) is 0 Å². The van der Waals surface area contributed by atoms with Gasteiger partial charge in [-0.3, -0.25) is 4.57 Å². The first-order valence-corrected chi connectivity index (χ1v) is 8.15. The fourth-order valence-electron chi connectivity index (χ4n) is 0.728. The van der Waals surface area contributed by atoms with Gasteiger partial charge in [-0.25, -0.2) is 0 Å². The van der Waals surface area contributed by atoms with E-state index >= 15 is 0 Å². The maximum Gasteiger partial charge on any atom is 0.214 e. The molecule has 1 nitrogen and oxygen atoms in total. The van der Waals surface area contributed by atoms with Gasteiger partial charge in [0.1, 0.15) is 0 Å². The molecule has 1 heterocycles. The summed E-state index contributed by atoms with van der Waals surface area (Å²) in [6, 6.07) is 0. The molecule has 0 saturated carbocycles. The molecule has 1 rings (SSSR count). The molecule has 0 aliphatic carbocycles. The van der Waals surface area contributed by atoms with Crippen molar-refractivity contribution in [2.75, 3.05) is 11.5 Å². The summed E-state index contributed by atoms with van der Waals surface area (Å²) in [7, 11) is 0. The molecule has 0 radical (unpaired) electrons. The summed E-state index contributed by atoms with van der Waals surface area (Å²) in [4.78, 5) is 0. The lowest BCUT2D eigenvalue weighted by Crippen LogP contribution is -1.70. The molecule has 1 fully saturated rings. The van der Waals surface area contributed by atoms with E-state index in [9.17, 15) is 4.57 Å². The molecule has 0 atom stereocenters. The van der Waals surface area contributed by atoms with Crippen LogP contribution in [0.15, 0.2) is 11.9 Å². The van der Waals surface area contributed by atoms with Crippen LogP contribution in [0.5, 0.6) is 0 Å². The Hall–Kier alpha value is 0.670. The van der Waals surface area contributed by atoms with Gasteiger partial charge in [0.25, 0.3) is 0 Å². The minimum atomic E-state index is -2.02. The number of hydrogen-bond acceptors (Lipinski definition) is 3. The summed E-state index contributed by atoms with van der Waals surface area (Å²) in [6.07, 6.45) is 0.858. The van der Waals surface area contributed by atoms with E-state index in [1.807, 2.05) is 6.92 Å². The molecule has 0 aromatic rings. The minimum absolute atomic E-state index is 0.858. The van der Waals surface area contributed by atoms with Crippen LogP contribution < -0.4 is 0 Å². The van der Waals surface area contributed by atoms with E-state index in [1.54, 1.807) is 22.8 Å². The number of allylic oxidation sites excluding steroid dienone is 1. The largest absolute Gasteiger partial charge is 0.296 e. The molecule has 58 valence electrons. The van der Waals surface area contributed by atoms with Crippen molar-refractivity contribution in [3.8, 4) is 0 Å². The normalized spacial score (nSPS) is 22.9. The van der Waals surface area contributed by atoms with E-state index in [0.29, 0.717) is 0 Å². The van der Waals surface area contributed by atoms with Gasteiger partial charge < -0.3 is 0 Å². The van der Waals surface area contributed by atoms with Crippen LogP contribution in [-0.2, 0) is 4.57 Å². The van der Waals surface area contributed by atoms with Crippen LogP contribution in [0.25, 0.3) is 0 Å². The van der Waals surface area contributed by atoms with Crippen molar-refractivity contribution in [3.05, 3.63) is 11.9 Å². The van der Waals surface area contributed by atoms with Gasteiger partial charge in [-0.15, -0.1) is 0 Å². The standard InChI is InChI=1S/C6H11OPS2/c1-3-6(2)8(7)9-4-5-10-8/h2-5H2,1H3. The molecule has 1 aliphatic heterocycles. The Kier molecular flexibility index (Phi) is 2.96. The van der Waals surface area contributed by atoms with E-state index in [4.69, 9.17) is 0 Å². The Labute approximate surface area is 69.9 Å². The van der Waals surface area contributed by atoms with E-state index < -0.39 is 5.55 Å². The molecular weight excluding hydrogens is 183 g/mol. The van der Waals surface area contributed by atoms with Crippen LogP contribution in [-0.4, -0.2) is 11.5 Å². The second-order valence-corrected chi connectivity index (χ2v) is 10.4.